The summed E-state index contributed by atoms with van der Waals surface area (Å²) in [4.78, 5) is 79.9. The van der Waals surface area contributed by atoms with Gasteiger partial charge < -0.3 is 39.6 Å². The zero-order chi connectivity index (χ0) is 26.9. The third kappa shape index (κ3) is 25.6. The van der Waals surface area contributed by atoms with Crippen molar-refractivity contribution in [2.75, 3.05) is 0 Å². The Morgan fingerprint density at radius 1 is 0.394 bits per heavy atom. The quantitative estimate of drug-likeness (QED) is 0.262. The zero-order valence-electron chi connectivity index (χ0n) is 19.7. The number of carbonyl (C=O) groups is 8. The molecule has 0 radical (unpaired) electrons. The fraction of sp³-hybridized carbons (Fsp3) is 0.600. The van der Waals surface area contributed by atoms with Crippen LogP contribution in [0.3, 0.4) is 0 Å². The summed E-state index contributed by atoms with van der Waals surface area (Å²) >= 11 is 0. The van der Waals surface area contributed by atoms with E-state index in [1.54, 1.807) is 0 Å². The fourth-order valence-electron chi connectivity index (χ4n) is 0.664. The van der Waals surface area contributed by atoms with Crippen molar-refractivity contribution in [3.63, 3.8) is 0 Å². The number of aliphatic carboxylic acids is 4. The van der Waals surface area contributed by atoms with Crippen molar-refractivity contribution in [1.82, 2.24) is 0 Å². The van der Waals surface area contributed by atoms with Crippen LogP contribution in [0.25, 0.3) is 0 Å². The molecule has 0 aromatic heterocycles. The van der Waals surface area contributed by atoms with E-state index in [0.29, 0.717) is 0 Å². The van der Waals surface area contributed by atoms with E-state index in [2.05, 4.69) is 0 Å². The number of ketones is 4. The Morgan fingerprint density at radius 3 is 0.485 bits per heavy atom. The van der Waals surface area contributed by atoms with Gasteiger partial charge in [0.1, 0.15) is 23.1 Å². The minimum absolute atomic E-state index is 0. The van der Waals surface area contributed by atoms with Crippen LogP contribution in [-0.4, -0.2) is 47.0 Å². The largest absolute Gasteiger partial charge is 4.00 e. The van der Waals surface area contributed by atoms with E-state index >= 15 is 0 Å². The fourth-order valence-corrected chi connectivity index (χ4v) is 0.664. The molecule has 4 unspecified atom stereocenters. The van der Waals surface area contributed by atoms with Gasteiger partial charge in [-0.2, -0.15) is 0 Å². The average molecular weight is 552 g/mol. The molecule has 0 aliphatic rings. The first-order chi connectivity index (χ1) is 14.2. The second kappa shape index (κ2) is 21.3. The average Bonchev–Trinajstić information content (AvgIpc) is 2.65. The Morgan fingerprint density at radius 2 is 0.485 bits per heavy atom. The molecule has 0 bridgehead atoms. The molecule has 184 valence electrons. The van der Waals surface area contributed by atoms with Crippen LogP contribution in [0, 0.1) is 23.7 Å². The molecule has 0 rings (SSSR count). The van der Waals surface area contributed by atoms with Crippen LogP contribution < -0.4 is 20.4 Å². The van der Waals surface area contributed by atoms with Crippen LogP contribution in [0.4, 0.5) is 0 Å². The molecule has 0 aromatic rings. The number of carboxylic acids is 4. The molecule has 12 nitrogen and oxygen atoms in total. The van der Waals surface area contributed by atoms with Gasteiger partial charge in [-0.3, -0.25) is 19.2 Å². The van der Waals surface area contributed by atoms with Crippen molar-refractivity contribution < 1.29 is 85.0 Å². The summed E-state index contributed by atoms with van der Waals surface area (Å²) < 4.78 is 0. The normalized spacial score (nSPS) is 12.4. The number of carbonyl (C=O) groups excluding carboxylic acids is 8. The second-order valence-electron chi connectivity index (χ2n) is 6.61. The Kier molecular flexibility index (Phi) is 26.3. The second-order valence-corrected chi connectivity index (χ2v) is 6.61. The van der Waals surface area contributed by atoms with E-state index in [-0.39, 0.29) is 49.3 Å². The molecule has 0 aromatic carbocycles. The Hall–Kier alpha value is -2.56. The standard InChI is InChI=1S/4C5H8O3.Zr/c4*1-3(4(2)6)5(7)8;/h4*3H,1-2H3,(H,7,8);/q;;;;+4/p-4. The Bertz CT molecular complexity index is 538. The van der Waals surface area contributed by atoms with Crippen LogP contribution in [0.1, 0.15) is 55.4 Å². The number of rotatable bonds is 8. The predicted molar refractivity (Wildman–Crippen MR) is 99.4 cm³/mol. The van der Waals surface area contributed by atoms with E-state index in [9.17, 15) is 58.8 Å². The summed E-state index contributed by atoms with van der Waals surface area (Å²) in [6.07, 6.45) is 0. The van der Waals surface area contributed by atoms with Gasteiger partial charge in [0, 0.05) is 0 Å². The summed E-state index contributed by atoms with van der Waals surface area (Å²) in [5, 5.41) is 39.2. The van der Waals surface area contributed by atoms with E-state index in [0.717, 1.165) is 0 Å². The molecule has 33 heavy (non-hydrogen) atoms. The summed E-state index contributed by atoms with van der Waals surface area (Å²) in [5.74, 6) is -10.6. The van der Waals surface area contributed by atoms with Gasteiger partial charge >= 0.3 is 26.2 Å². The molecule has 4 atom stereocenters. The number of Topliss-reactive ketones (excluding diaryl/α,β-unsaturated/α-hetero) is 4. The van der Waals surface area contributed by atoms with Crippen LogP contribution in [0.5, 0.6) is 0 Å². The van der Waals surface area contributed by atoms with Crippen LogP contribution >= 0.6 is 0 Å². The van der Waals surface area contributed by atoms with Gasteiger partial charge in [-0.1, -0.05) is 27.7 Å². The van der Waals surface area contributed by atoms with Crippen molar-refractivity contribution in [3.8, 4) is 0 Å². The number of carboxylic acid groups (broad SMARTS) is 4. The van der Waals surface area contributed by atoms with Gasteiger partial charge in [0.25, 0.3) is 0 Å². The van der Waals surface area contributed by atoms with Gasteiger partial charge in [-0.15, -0.1) is 0 Å². The smallest absolute Gasteiger partial charge is 0.549 e. The summed E-state index contributed by atoms with van der Waals surface area (Å²) in [6, 6.07) is 0. The van der Waals surface area contributed by atoms with E-state index in [1.165, 1.54) is 55.4 Å². The van der Waals surface area contributed by atoms with E-state index in [4.69, 9.17) is 0 Å². The molecule has 0 spiro atoms. The maximum atomic E-state index is 10.2. The first-order valence-electron chi connectivity index (χ1n) is 9.07. The molecule has 0 amide bonds. The summed E-state index contributed by atoms with van der Waals surface area (Å²) in [6.45, 7) is 10.1. The molecule has 0 saturated carbocycles. The molecule has 0 saturated heterocycles. The summed E-state index contributed by atoms with van der Waals surface area (Å²) in [5.41, 5.74) is 0. The predicted octanol–water partition coefficient (Wildman–Crippen LogP) is -4.16. The topological polar surface area (TPSA) is 229 Å². The molecule has 0 N–H and O–H groups in total. The zero-order valence-corrected chi connectivity index (χ0v) is 22.2. The van der Waals surface area contributed by atoms with Crippen molar-refractivity contribution >= 4 is 47.0 Å². The third-order valence-corrected chi connectivity index (χ3v) is 3.85. The van der Waals surface area contributed by atoms with Crippen LogP contribution in [0.2, 0.25) is 0 Å². The van der Waals surface area contributed by atoms with Gasteiger partial charge in [-0.25, -0.2) is 0 Å². The number of hydrogen-bond donors (Lipinski definition) is 0. The monoisotopic (exact) mass is 550 g/mol. The molecule has 0 aliphatic heterocycles. The van der Waals surface area contributed by atoms with Gasteiger partial charge in [0.05, 0.1) is 47.5 Å². The molecule has 13 heteroatoms. The van der Waals surface area contributed by atoms with E-state index in [1.807, 2.05) is 0 Å². The van der Waals surface area contributed by atoms with Crippen molar-refractivity contribution in [2.24, 2.45) is 23.7 Å². The van der Waals surface area contributed by atoms with Gasteiger partial charge in [0.2, 0.25) is 0 Å². The molecular formula is C20H28O12Zr. The number of hydrogen-bond acceptors (Lipinski definition) is 12. The maximum absolute atomic E-state index is 10.2. The van der Waals surface area contributed by atoms with Gasteiger partial charge in [0.15, 0.2) is 0 Å². The maximum Gasteiger partial charge on any atom is 4.00 e. The SMILES string of the molecule is CC(=O)C(C)C(=O)[O-].CC(=O)C(C)C(=O)[O-].CC(=O)C(C)C(=O)[O-].CC(=O)C(C)C(=O)[O-].[Zr+4]. The molecular weight excluding hydrogens is 523 g/mol. The molecule has 0 heterocycles. The van der Waals surface area contributed by atoms with Crippen molar-refractivity contribution in [2.45, 2.75) is 55.4 Å². The minimum Gasteiger partial charge on any atom is -0.549 e. The Labute approximate surface area is 210 Å². The Balaban J connectivity index is -0.000000105. The first kappa shape index (κ1) is 40.8. The van der Waals surface area contributed by atoms with Crippen LogP contribution in [-0.2, 0) is 64.6 Å². The minimum atomic E-state index is -1.31. The first-order valence-corrected chi connectivity index (χ1v) is 9.07. The van der Waals surface area contributed by atoms with E-state index < -0.39 is 47.5 Å². The van der Waals surface area contributed by atoms with Crippen LogP contribution in [0.15, 0.2) is 0 Å². The van der Waals surface area contributed by atoms with Crippen molar-refractivity contribution in [3.05, 3.63) is 0 Å². The van der Waals surface area contributed by atoms with Crippen molar-refractivity contribution in [1.29, 1.82) is 0 Å². The summed E-state index contributed by atoms with van der Waals surface area (Å²) in [7, 11) is 0. The van der Waals surface area contributed by atoms with Gasteiger partial charge in [-0.05, 0) is 27.7 Å². The molecule has 0 aliphatic carbocycles. The third-order valence-electron chi connectivity index (χ3n) is 3.85. The molecule has 0 fully saturated rings.